The smallest absolute Gasteiger partial charge is 0.246 e. The van der Waals surface area contributed by atoms with E-state index in [2.05, 4.69) is 17.0 Å². The van der Waals surface area contributed by atoms with E-state index >= 15 is 0 Å². The molecule has 0 bridgehead atoms. The van der Waals surface area contributed by atoms with Crippen LogP contribution < -0.4 is 5.32 Å². The Morgan fingerprint density at radius 2 is 2.19 bits per heavy atom. The van der Waals surface area contributed by atoms with E-state index in [-0.39, 0.29) is 23.8 Å². The van der Waals surface area contributed by atoms with Crippen LogP contribution >= 0.6 is 0 Å². The Labute approximate surface area is 123 Å². The van der Waals surface area contributed by atoms with Gasteiger partial charge in [0.1, 0.15) is 0 Å². The number of rotatable bonds is 5. The molecule has 2 amide bonds. The Balaban J connectivity index is 1.50. The summed E-state index contributed by atoms with van der Waals surface area (Å²) < 4.78 is 1.98. The maximum atomic E-state index is 12.1. The zero-order valence-corrected chi connectivity index (χ0v) is 12.2. The number of likely N-dealkylation sites (tertiary alicyclic amines) is 1. The number of aromatic nitrogens is 2. The summed E-state index contributed by atoms with van der Waals surface area (Å²) in [6, 6.07) is 0.487. The minimum Gasteiger partial charge on any atom is -0.349 e. The van der Waals surface area contributed by atoms with Gasteiger partial charge in [0.25, 0.3) is 0 Å². The lowest BCUT2D eigenvalue weighted by Crippen LogP contribution is -2.55. The predicted molar refractivity (Wildman–Crippen MR) is 77.3 cm³/mol. The Hall–Kier alpha value is -2.11. The number of nitrogens with one attached hydrogen (secondary N) is 1. The fourth-order valence-corrected chi connectivity index (χ4v) is 2.48. The van der Waals surface area contributed by atoms with Gasteiger partial charge in [0.15, 0.2) is 0 Å². The lowest BCUT2D eigenvalue weighted by atomic mass is 9.98. The molecule has 0 aromatic carbocycles. The van der Waals surface area contributed by atoms with E-state index in [0.717, 1.165) is 5.56 Å². The molecule has 2 aliphatic rings. The van der Waals surface area contributed by atoms with Gasteiger partial charge in [0.05, 0.1) is 24.2 Å². The van der Waals surface area contributed by atoms with E-state index < -0.39 is 0 Å². The first-order chi connectivity index (χ1) is 10.1. The van der Waals surface area contributed by atoms with Gasteiger partial charge in [0, 0.05) is 24.8 Å². The van der Waals surface area contributed by atoms with E-state index in [0.29, 0.717) is 19.1 Å². The first-order valence-electron chi connectivity index (χ1n) is 7.34. The SMILES string of the molecule is C=CC(=O)N1CC(C(=O)NC(C)c2cnn(C3CC3)c2)C1. The monoisotopic (exact) mass is 288 g/mol. The molecule has 6 heteroatoms. The number of carbonyl (C=O) groups excluding carboxylic acids is 2. The van der Waals surface area contributed by atoms with Gasteiger partial charge in [0.2, 0.25) is 11.8 Å². The topological polar surface area (TPSA) is 67.2 Å². The molecular weight excluding hydrogens is 268 g/mol. The molecule has 2 fully saturated rings. The lowest BCUT2D eigenvalue weighted by Gasteiger charge is -2.37. The highest BCUT2D eigenvalue weighted by molar-refractivity contribution is 5.90. The standard InChI is InChI=1S/C15H20N4O2/c1-3-14(20)18-7-12(8-18)15(21)17-10(2)11-6-16-19(9-11)13-4-5-13/h3,6,9-10,12-13H,1,4-5,7-8H2,2H3,(H,17,21). The van der Waals surface area contributed by atoms with Crippen LogP contribution in [0.1, 0.15) is 37.4 Å². The fourth-order valence-electron chi connectivity index (χ4n) is 2.48. The van der Waals surface area contributed by atoms with Crippen LogP contribution in [0, 0.1) is 5.92 Å². The second kappa shape index (κ2) is 5.35. The van der Waals surface area contributed by atoms with Crippen LogP contribution in [0.4, 0.5) is 0 Å². The molecular formula is C15H20N4O2. The highest BCUT2D eigenvalue weighted by atomic mass is 16.2. The van der Waals surface area contributed by atoms with E-state index in [1.165, 1.54) is 18.9 Å². The second-order valence-electron chi connectivity index (χ2n) is 5.86. The van der Waals surface area contributed by atoms with E-state index in [1.54, 1.807) is 4.90 Å². The second-order valence-corrected chi connectivity index (χ2v) is 5.86. The zero-order chi connectivity index (χ0) is 15.0. The van der Waals surface area contributed by atoms with Gasteiger partial charge in [-0.3, -0.25) is 14.3 Å². The highest BCUT2D eigenvalue weighted by Crippen LogP contribution is 2.34. The molecule has 1 unspecified atom stereocenters. The molecule has 1 aliphatic carbocycles. The summed E-state index contributed by atoms with van der Waals surface area (Å²) in [6.45, 7) is 6.35. The number of hydrogen-bond donors (Lipinski definition) is 1. The van der Waals surface area contributed by atoms with E-state index in [9.17, 15) is 9.59 Å². The molecule has 1 saturated heterocycles. The quantitative estimate of drug-likeness (QED) is 0.823. The van der Waals surface area contributed by atoms with Crippen LogP contribution in [0.3, 0.4) is 0 Å². The lowest BCUT2D eigenvalue weighted by molar-refractivity contribution is -0.139. The normalized spacial score (nSPS) is 19.8. The van der Waals surface area contributed by atoms with Crippen molar-refractivity contribution in [3.63, 3.8) is 0 Å². The van der Waals surface area contributed by atoms with Gasteiger partial charge in [-0.25, -0.2) is 0 Å². The van der Waals surface area contributed by atoms with Crippen molar-refractivity contribution in [2.24, 2.45) is 5.92 Å². The summed E-state index contributed by atoms with van der Waals surface area (Å²) in [4.78, 5) is 25.1. The summed E-state index contributed by atoms with van der Waals surface area (Å²) >= 11 is 0. The summed E-state index contributed by atoms with van der Waals surface area (Å²) in [5, 5.41) is 7.33. The minimum absolute atomic E-state index is 0.00483. The average molecular weight is 288 g/mol. The molecule has 1 aromatic heterocycles. The Kier molecular flexibility index (Phi) is 3.53. The van der Waals surface area contributed by atoms with Crippen molar-refractivity contribution in [1.29, 1.82) is 0 Å². The van der Waals surface area contributed by atoms with E-state index in [1.807, 2.05) is 24.0 Å². The Morgan fingerprint density at radius 3 is 2.81 bits per heavy atom. The summed E-state index contributed by atoms with van der Waals surface area (Å²) in [5.74, 6) is -0.234. The van der Waals surface area contributed by atoms with Gasteiger partial charge >= 0.3 is 0 Å². The fraction of sp³-hybridized carbons (Fsp3) is 0.533. The summed E-state index contributed by atoms with van der Waals surface area (Å²) in [5.41, 5.74) is 1.02. The van der Waals surface area contributed by atoms with Crippen LogP contribution in [0.2, 0.25) is 0 Å². The third kappa shape index (κ3) is 2.84. The minimum atomic E-state index is -0.116. The van der Waals surface area contributed by atoms with Gasteiger partial charge in [-0.05, 0) is 25.8 Å². The maximum absolute atomic E-state index is 12.1. The molecule has 6 nitrogen and oxygen atoms in total. The Bertz CT molecular complexity index is 570. The molecule has 21 heavy (non-hydrogen) atoms. The number of hydrogen-bond acceptors (Lipinski definition) is 3. The van der Waals surface area contributed by atoms with Gasteiger partial charge in [-0.1, -0.05) is 6.58 Å². The van der Waals surface area contributed by atoms with Crippen molar-refractivity contribution in [2.45, 2.75) is 31.8 Å². The number of nitrogens with zero attached hydrogens (tertiary/aromatic N) is 3. The Morgan fingerprint density at radius 1 is 1.48 bits per heavy atom. The van der Waals surface area contributed by atoms with Crippen molar-refractivity contribution in [1.82, 2.24) is 20.0 Å². The van der Waals surface area contributed by atoms with Crippen molar-refractivity contribution < 1.29 is 9.59 Å². The summed E-state index contributed by atoms with van der Waals surface area (Å²) in [7, 11) is 0. The van der Waals surface area contributed by atoms with Crippen molar-refractivity contribution >= 4 is 11.8 Å². The van der Waals surface area contributed by atoms with Crippen molar-refractivity contribution in [3.05, 3.63) is 30.6 Å². The number of amides is 2. The third-order valence-corrected chi connectivity index (χ3v) is 4.14. The van der Waals surface area contributed by atoms with Crippen LogP contribution in [0.15, 0.2) is 25.0 Å². The van der Waals surface area contributed by atoms with Crippen LogP contribution in [-0.4, -0.2) is 39.6 Å². The maximum Gasteiger partial charge on any atom is 0.246 e. The zero-order valence-electron chi connectivity index (χ0n) is 12.2. The van der Waals surface area contributed by atoms with Crippen LogP contribution in [0.5, 0.6) is 0 Å². The van der Waals surface area contributed by atoms with Crippen LogP contribution in [0.25, 0.3) is 0 Å². The molecule has 112 valence electrons. The molecule has 3 rings (SSSR count). The molecule has 1 atom stereocenters. The van der Waals surface area contributed by atoms with Gasteiger partial charge < -0.3 is 10.2 Å². The molecule has 2 heterocycles. The molecule has 1 N–H and O–H groups in total. The summed E-state index contributed by atoms with van der Waals surface area (Å²) in [6.07, 6.45) is 7.49. The van der Waals surface area contributed by atoms with Crippen LogP contribution in [-0.2, 0) is 9.59 Å². The van der Waals surface area contributed by atoms with E-state index in [4.69, 9.17) is 0 Å². The third-order valence-electron chi connectivity index (χ3n) is 4.14. The number of carbonyl (C=O) groups is 2. The largest absolute Gasteiger partial charge is 0.349 e. The highest BCUT2D eigenvalue weighted by Gasteiger charge is 2.35. The average Bonchev–Trinajstić information content (AvgIpc) is 3.14. The van der Waals surface area contributed by atoms with Gasteiger partial charge in [-0.2, -0.15) is 5.10 Å². The molecule has 0 radical (unpaired) electrons. The van der Waals surface area contributed by atoms with Gasteiger partial charge in [-0.15, -0.1) is 0 Å². The molecule has 1 aliphatic heterocycles. The predicted octanol–water partition coefficient (Wildman–Crippen LogP) is 1.04. The molecule has 1 aromatic rings. The molecule has 1 saturated carbocycles. The van der Waals surface area contributed by atoms with Crippen molar-refractivity contribution in [3.8, 4) is 0 Å². The molecule has 0 spiro atoms. The first-order valence-corrected chi connectivity index (χ1v) is 7.34. The first kappa shape index (κ1) is 13.9. The van der Waals surface area contributed by atoms with Crippen molar-refractivity contribution in [2.75, 3.05) is 13.1 Å².